The molecule has 122 valence electrons. The number of hydrogen-bond donors (Lipinski definition) is 2. The molecule has 2 aromatic carbocycles. The first-order chi connectivity index (χ1) is 11.7. The van der Waals surface area contributed by atoms with E-state index in [4.69, 9.17) is 5.11 Å². The highest BCUT2D eigenvalue weighted by atomic mass is 32.1. The second kappa shape index (κ2) is 7.47. The summed E-state index contributed by atoms with van der Waals surface area (Å²) in [5.74, 6) is 0.130. The van der Waals surface area contributed by atoms with Crippen LogP contribution in [0.1, 0.15) is 27.8 Å². The number of rotatable bonds is 5. The fraction of sp³-hybridized carbons (Fsp3) is 0.143. The number of thiophene rings is 1. The molecule has 3 aromatic rings. The molecular formula is C21H20O2S. The molecule has 0 bridgehead atoms. The second-order valence-corrected chi connectivity index (χ2v) is 6.75. The molecule has 0 unspecified atom stereocenters. The summed E-state index contributed by atoms with van der Waals surface area (Å²) in [6, 6.07) is 18.0. The van der Waals surface area contributed by atoms with Gasteiger partial charge in [0, 0.05) is 15.3 Å². The van der Waals surface area contributed by atoms with Gasteiger partial charge in [-0.3, -0.25) is 0 Å². The number of aliphatic hydroxyl groups is 1. The Balaban J connectivity index is 1.88. The largest absolute Gasteiger partial charge is 0.508 e. The Bertz CT molecular complexity index is 848. The minimum absolute atomic E-state index is 0.130. The molecule has 0 aliphatic rings. The average molecular weight is 336 g/mol. The van der Waals surface area contributed by atoms with Crippen LogP contribution in [0.3, 0.4) is 0 Å². The number of aryl methyl sites for hydroxylation is 1. The molecule has 0 spiro atoms. The first-order valence-electron chi connectivity index (χ1n) is 8.00. The van der Waals surface area contributed by atoms with Crippen LogP contribution < -0.4 is 0 Å². The van der Waals surface area contributed by atoms with Gasteiger partial charge in [0.2, 0.25) is 0 Å². The SMILES string of the molecule is CCc1sc(/C=C/c2ccc(CO)c(O)c2)cc1-c1ccccc1. The highest BCUT2D eigenvalue weighted by Gasteiger charge is 2.08. The Morgan fingerprint density at radius 3 is 2.46 bits per heavy atom. The summed E-state index contributed by atoms with van der Waals surface area (Å²) in [5.41, 5.74) is 4.00. The summed E-state index contributed by atoms with van der Waals surface area (Å²) >= 11 is 1.80. The van der Waals surface area contributed by atoms with Gasteiger partial charge in [0.25, 0.3) is 0 Å². The van der Waals surface area contributed by atoms with E-state index in [0.717, 1.165) is 12.0 Å². The Kier molecular flexibility index (Phi) is 5.14. The molecule has 0 saturated heterocycles. The molecule has 3 rings (SSSR count). The fourth-order valence-electron chi connectivity index (χ4n) is 2.65. The molecule has 1 heterocycles. The highest BCUT2D eigenvalue weighted by molar-refractivity contribution is 7.13. The zero-order valence-electron chi connectivity index (χ0n) is 13.6. The van der Waals surface area contributed by atoms with Crippen molar-refractivity contribution in [1.29, 1.82) is 0 Å². The van der Waals surface area contributed by atoms with Crippen molar-refractivity contribution in [2.45, 2.75) is 20.0 Å². The molecular weight excluding hydrogens is 316 g/mol. The van der Waals surface area contributed by atoms with Crippen LogP contribution in [0.2, 0.25) is 0 Å². The Labute approximate surface area is 146 Å². The lowest BCUT2D eigenvalue weighted by atomic mass is 10.1. The monoisotopic (exact) mass is 336 g/mol. The molecule has 0 aliphatic heterocycles. The van der Waals surface area contributed by atoms with E-state index in [1.807, 2.05) is 18.2 Å². The van der Waals surface area contributed by atoms with Crippen LogP contribution in [0.5, 0.6) is 5.75 Å². The third-order valence-electron chi connectivity index (χ3n) is 3.95. The maximum absolute atomic E-state index is 9.83. The number of benzene rings is 2. The minimum Gasteiger partial charge on any atom is -0.508 e. The van der Waals surface area contributed by atoms with E-state index in [1.165, 1.54) is 20.9 Å². The van der Waals surface area contributed by atoms with Gasteiger partial charge in [0.15, 0.2) is 0 Å². The molecule has 2 nitrogen and oxygen atoms in total. The van der Waals surface area contributed by atoms with Gasteiger partial charge in [-0.15, -0.1) is 11.3 Å². The molecule has 0 amide bonds. The van der Waals surface area contributed by atoms with Crippen molar-refractivity contribution in [1.82, 2.24) is 0 Å². The van der Waals surface area contributed by atoms with Crippen molar-refractivity contribution in [3.63, 3.8) is 0 Å². The van der Waals surface area contributed by atoms with Gasteiger partial charge in [-0.05, 0) is 41.3 Å². The molecule has 0 radical (unpaired) electrons. The summed E-state index contributed by atoms with van der Waals surface area (Å²) in [5, 5.41) is 18.9. The molecule has 3 heteroatoms. The maximum atomic E-state index is 9.83. The van der Waals surface area contributed by atoms with E-state index in [2.05, 4.69) is 43.3 Å². The molecule has 24 heavy (non-hydrogen) atoms. The van der Waals surface area contributed by atoms with Crippen molar-refractivity contribution in [3.05, 3.63) is 75.5 Å². The van der Waals surface area contributed by atoms with Gasteiger partial charge in [0.1, 0.15) is 5.75 Å². The Hall–Kier alpha value is -2.36. The molecule has 2 N–H and O–H groups in total. The fourth-order valence-corrected chi connectivity index (χ4v) is 3.68. The van der Waals surface area contributed by atoms with Crippen LogP contribution in [-0.2, 0) is 13.0 Å². The van der Waals surface area contributed by atoms with Crippen LogP contribution in [0, 0.1) is 0 Å². The molecule has 1 aromatic heterocycles. The van der Waals surface area contributed by atoms with E-state index >= 15 is 0 Å². The quantitative estimate of drug-likeness (QED) is 0.660. The smallest absolute Gasteiger partial charge is 0.121 e. The molecule has 0 aliphatic carbocycles. The van der Waals surface area contributed by atoms with Crippen molar-refractivity contribution in [2.75, 3.05) is 0 Å². The third-order valence-corrected chi connectivity index (χ3v) is 5.20. The van der Waals surface area contributed by atoms with Crippen LogP contribution in [0.4, 0.5) is 0 Å². The third kappa shape index (κ3) is 3.58. The lowest BCUT2D eigenvalue weighted by Crippen LogP contribution is -1.84. The van der Waals surface area contributed by atoms with Crippen molar-refractivity contribution in [3.8, 4) is 16.9 Å². The Morgan fingerprint density at radius 2 is 1.79 bits per heavy atom. The van der Waals surface area contributed by atoms with Gasteiger partial charge >= 0.3 is 0 Å². The van der Waals surface area contributed by atoms with Crippen LogP contribution >= 0.6 is 11.3 Å². The van der Waals surface area contributed by atoms with Crippen molar-refractivity contribution in [2.24, 2.45) is 0 Å². The molecule has 0 fully saturated rings. The standard InChI is InChI=1S/C21H20O2S/c1-2-21-19(16-6-4-3-5-7-16)13-18(24-21)11-9-15-8-10-17(14-22)20(23)12-15/h3-13,22-23H,2,14H2,1H3/b11-9+. The van der Waals surface area contributed by atoms with Crippen LogP contribution in [0.15, 0.2) is 54.6 Å². The Morgan fingerprint density at radius 1 is 1.00 bits per heavy atom. The van der Waals surface area contributed by atoms with E-state index in [-0.39, 0.29) is 12.4 Å². The minimum atomic E-state index is -0.152. The predicted octanol–water partition coefficient (Wildman–Crippen LogP) is 5.35. The summed E-state index contributed by atoms with van der Waals surface area (Å²) in [7, 11) is 0. The van der Waals surface area contributed by atoms with Gasteiger partial charge in [-0.25, -0.2) is 0 Å². The normalized spacial score (nSPS) is 11.2. The number of aromatic hydroxyl groups is 1. The summed E-state index contributed by atoms with van der Waals surface area (Å²) in [6.45, 7) is 2.03. The highest BCUT2D eigenvalue weighted by Crippen LogP contribution is 2.33. The van der Waals surface area contributed by atoms with Gasteiger partial charge in [-0.1, -0.05) is 55.5 Å². The average Bonchev–Trinajstić information content (AvgIpc) is 3.04. The van der Waals surface area contributed by atoms with Crippen LogP contribution in [0.25, 0.3) is 23.3 Å². The number of aliphatic hydroxyl groups excluding tert-OH is 1. The zero-order chi connectivity index (χ0) is 16.9. The van der Waals surface area contributed by atoms with E-state index in [1.54, 1.807) is 23.5 Å². The number of phenols is 1. The van der Waals surface area contributed by atoms with Gasteiger partial charge < -0.3 is 10.2 Å². The van der Waals surface area contributed by atoms with Gasteiger partial charge in [0.05, 0.1) is 6.61 Å². The zero-order valence-corrected chi connectivity index (χ0v) is 14.4. The summed E-state index contributed by atoms with van der Waals surface area (Å²) < 4.78 is 0. The summed E-state index contributed by atoms with van der Waals surface area (Å²) in [6.07, 6.45) is 5.07. The topological polar surface area (TPSA) is 40.5 Å². The lowest BCUT2D eigenvalue weighted by molar-refractivity contribution is 0.275. The maximum Gasteiger partial charge on any atom is 0.121 e. The lowest BCUT2D eigenvalue weighted by Gasteiger charge is -2.01. The first kappa shape index (κ1) is 16.5. The molecule has 0 saturated carbocycles. The van der Waals surface area contributed by atoms with E-state index in [0.29, 0.717) is 5.56 Å². The summed E-state index contributed by atoms with van der Waals surface area (Å²) in [4.78, 5) is 2.57. The van der Waals surface area contributed by atoms with Crippen LogP contribution in [-0.4, -0.2) is 10.2 Å². The van der Waals surface area contributed by atoms with E-state index in [9.17, 15) is 5.11 Å². The van der Waals surface area contributed by atoms with Gasteiger partial charge in [-0.2, -0.15) is 0 Å². The predicted molar refractivity (Wildman–Crippen MR) is 102 cm³/mol. The molecule has 0 atom stereocenters. The number of hydrogen-bond acceptors (Lipinski definition) is 3. The van der Waals surface area contributed by atoms with E-state index < -0.39 is 0 Å². The van der Waals surface area contributed by atoms with Crippen molar-refractivity contribution < 1.29 is 10.2 Å². The first-order valence-corrected chi connectivity index (χ1v) is 8.82. The van der Waals surface area contributed by atoms with Crippen molar-refractivity contribution >= 4 is 23.5 Å². The second-order valence-electron chi connectivity index (χ2n) is 5.58.